The fourth-order valence-electron chi connectivity index (χ4n) is 3.38. The van der Waals surface area contributed by atoms with Gasteiger partial charge in [-0.1, -0.05) is 12.8 Å². The molecule has 1 saturated carbocycles. The number of imidazole rings is 1. The van der Waals surface area contributed by atoms with Crippen LogP contribution in [0.25, 0.3) is 0 Å². The van der Waals surface area contributed by atoms with Crippen molar-refractivity contribution in [2.24, 2.45) is 5.41 Å². The monoisotopic (exact) mass is 293 g/mol. The van der Waals surface area contributed by atoms with Crippen LogP contribution in [0.15, 0.2) is 12.4 Å². The minimum absolute atomic E-state index is 0.109. The fourth-order valence-corrected chi connectivity index (χ4v) is 3.38. The average Bonchev–Trinajstić information content (AvgIpc) is 3.07. The molecule has 5 nitrogen and oxygen atoms in total. The van der Waals surface area contributed by atoms with Crippen molar-refractivity contribution in [1.82, 2.24) is 14.9 Å². The number of methoxy groups -OCH3 is 1. The lowest BCUT2D eigenvalue weighted by atomic mass is 9.87. The number of carbonyl (C=O) groups excluding carboxylic acids is 1. The Labute approximate surface area is 127 Å². The Kier molecular flexibility index (Phi) is 5.39. The largest absolute Gasteiger partial charge is 0.384 e. The van der Waals surface area contributed by atoms with E-state index in [-0.39, 0.29) is 17.4 Å². The highest BCUT2D eigenvalue weighted by atomic mass is 16.5. The molecule has 0 bridgehead atoms. The maximum Gasteiger partial charge on any atom is 0.222 e. The molecule has 0 spiro atoms. The first-order valence-corrected chi connectivity index (χ1v) is 7.81. The molecule has 1 aliphatic carbocycles. The average molecular weight is 293 g/mol. The summed E-state index contributed by atoms with van der Waals surface area (Å²) in [6, 6.07) is 0.134. The minimum atomic E-state index is 0.109. The minimum Gasteiger partial charge on any atom is -0.384 e. The zero-order valence-corrected chi connectivity index (χ0v) is 13.4. The highest BCUT2D eigenvalue weighted by molar-refractivity contribution is 5.76. The zero-order valence-electron chi connectivity index (χ0n) is 13.4. The van der Waals surface area contributed by atoms with Crippen LogP contribution in [0.5, 0.6) is 0 Å². The molecule has 1 atom stereocenters. The smallest absolute Gasteiger partial charge is 0.222 e. The molecule has 0 radical (unpaired) electrons. The van der Waals surface area contributed by atoms with Gasteiger partial charge in [0.2, 0.25) is 5.91 Å². The van der Waals surface area contributed by atoms with Crippen molar-refractivity contribution >= 4 is 5.91 Å². The number of ether oxygens (including phenoxy) is 1. The quantitative estimate of drug-likeness (QED) is 0.840. The normalized spacial score (nSPS) is 18.6. The number of aryl methyl sites for hydroxylation is 1. The summed E-state index contributed by atoms with van der Waals surface area (Å²) in [4.78, 5) is 16.4. The van der Waals surface area contributed by atoms with Crippen LogP contribution in [0.2, 0.25) is 0 Å². The Balaban J connectivity index is 1.83. The molecule has 1 N–H and O–H groups in total. The lowest BCUT2D eigenvalue weighted by Gasteiger charge is -2.28. The molecule has 1 fully saturated rings. The lowest BCUT2D eigenvalue weighted by molar-refractivity contribution is -0.122. The summed E-state index contributed by atoms with van der Waals surface area (Å²) in [5.74, 6) is 1.06. The number of nitrogens with one attached hydrogen (secondary N) is 1. The van der Waals surface area contributed by atoms with Gasteiger partial charge in [-0.2, -0.15) is 0 Å². The van der Waals surface area contributed by atoms with Crippen LogP contribution in [0, 0.1) is 12.3 Å². The summed E-state index contributed by atoms with van der Waals surface area (Å²) < 4.78 is 7.40. The van der Waals surface area contributed by atoms with Gasteiger partial charge >= 0.3 is 0 Å². The third-order valence-electron chi connectivity index (χ3n) is 4.59. The Morgan fingerprint density at radius 3 is 2.81 bits per heavy atom. The van der Waals surface area contributed by atoms with Crippen molar-refractivity contribution in [2.75, 3.05) is 20.3 Å². The van der Waals surface area contributed by atoms with Gasteiger partial charge in [0.05, 0.1) is 6.61 Å². The van der Waals surface area contributed by atoms with Crippen LogP contribution < -0.4 is 5.32 Å². The third-order valence-corrected chi connectivity index (χ3v) is 4.59. The van der Waals surface area contributed by atoms with Gasteiger partial charge in [-0.3, -0.25) is 4.79 Å². The van der Waals surface area contributed by atoms with E-state index < -0.39 is 0 Å². The molecule has 5 heteroatoms. The van der Waals surface area contributed by atoms with E-state index in [1.165, 1.54) is 12.8 Å². The highest BCUT2D eigenvalue weighted by Crippen LogP contribution is 2.37. The van der Waals surface area contributed by atoms with Crippen molar-refractivity contribution in [3.63, 3.8) is 0 Å². The molecule has 2 rings (SSSR count). The van der Waals surface area contributed by atoms with E-state index in [1.54, 1.807) is 13.3 Å². The summed E-state index contributed by atoms with van der Waals surface area (Å²) in [6.07, 6.45) is 8.97. The van der Waals surface area contributed by atoms with Crippen molar-refractivity contribution in [3.05, 3.63) is 18.2 Å². The van der Waals surface area contributed by atoms with Crippen molar-refractivity contribution in [1.29, 1.82) is 0 Å². The molecule has 0 unspecified atom stereocenters. The molecule has 1 aromatic heterocycles. The van der Waals surface area contributed by atoms with Gasteiger partial charge in [-0.05, 0) is 26.7 Å². The maximum atomic E-state index is 12.2. The summed E-state index contributed by atoms with van der Waals surface area (Å²) in [6.45, 7) is 5.48. The van der Waals surface area contributed by atoms with E-state index in [4.69, 9.17) is 4.74 Å². The van der Waals surface area contributed by atoms with E-state index in [0.717, 1.165) is 31.8 Å². The van der Waals surface area contributed by atoms with Gasteiger partial charge in [-0.25, -0.2) is 4.98 Å². The maximum absolute atomic E-state index is 12.2. The van der Waals surface area contributed by atoms with Crippen LogP contribution >= 0.6 is 0 Å². The standard InChI is InChI=1S/C16H27N3O2/c1-13(19-9-8-17-14(19)2)10-15(20)18-11-16(12-21-3)6-4-5-7-16/h8-9,13H,4-7,10-12H2,1-3H3,(H,18,20)/t13-/m0/s1. The predicted octanol–water partition coefficient (Wildman–Crippen LogP) is 2.47. The van der Waals surface area contributed by atoms with E-state index in [0.29, 0.717) is 6.42 Å². The summed E-state index contributed by atoms with van der Waals surface area (Å²) in [7, 11) is 1.74. The Bertz CT molecular complexity index is 464. The molecule has 1 aliphatic rings. The van der Waals surface area contributed by atoms with Crippen molar-refractivity contribution in [2.45, 2.75) is 52.0 Å². The van der Waals surface area contributed by atoms with Gasteiger partial charge < -0.3 is 14.6 Å². The molecule has 1 heterocycles. The van der Waals surface area contributed by atoms with Crippen LogP contribution in [-0.2, 0) is 9.53 Å². The number of nitrogens with zero attached hydrogens (tertiary/aromatic N) is 2. The molecule has 0 aliphatic heterocycles. The van der Waals surface area contributed by atoms with Crippen LogP contribution in [0.3, 0.4) is 0 Å². The van der Waals surface area contributed by atoms with Crippen LogP contribution in [-0.4, -0.2) is 35.7 Å². The number of hydrogen-bond acceptors (Lipinski definition) is 3. The SMILES string of the molecule is COCC1(CNC(=O)C[C@H](C)n2ccnc2C)CCCC1. The van der Waals surface area contributed by atoms with Gasteiger partial charge in [0, 0.05) is 43.9 Å². The molecular formula is C16H27N3O2. The second-order valence-corrected chi connectivity index (χ2v) is 6.35. The van der Waals surface area contributed by atoms with Crippen molar-refractivity contribution < 1.29 is 9.53 Å². The van der Waals surface area contributed by atoms with Gasteiger partial charge in [0.15, 0.2) is 0 Å². The number of carbonyl (C=O) groups is 1. The van der Waals surface area contributed by atoms with Gasteiger partial charge in [-0.15, -0.1) is 0 Å². The molecule has 1 aromatic rings. The number of rotatable bonds is 7. The molecule has 118 valence electrons. The van der Waals surface area contributed by atoms with Gasteiger partial charge in [0.25, 0.3) is 0 Å². The topological polar surface area (TPSA) is 56.1 Å². The first-order chi connectivity index (χ1) is 10.1. The van der Waals surface area contributed by atoms with E-state index in [9.17, 15) is 4.79 Å². The van der Waals surface area contributed by atoms with Crippen molar-refractivity contribution in [3.8, 4) is 0 Å². The number of aromatic nitrogens is 2. The van der Waals surface area contributed by atoms with Gasteiger partial charge in [0.1, 0.15) is 5.82 Å². The molecule has 0 aromatic carbocycles. The Morgan fingerprint density at radius 2 is 2.24 bits per heavy atom. The first-order valence-electron chi connectivity index (χ1n) is 7.81. The summed E-state index contributed by atoms with van der Waals surface area (Å²) >= 11 is 0. The lowest BCUT2D eigenvalue weighted by Crippen LogP contribution is -2.39. The molecular weight excluding hydrogens is 266 g/mol. The Morgan fingerprint density at radius 1 is 1.52 bits per heavy atom. The van der Waals surface area contributed by atoms with E-state index in [2.05, 4.69) is 17.2 Å². The second-order valence-electron chi connectivity index (χ2n) is 6.35. The van der Waals surface area contributed by atoms with E-state index >= 15 is 0 Å². The summed E-state index contributed by atoms with van der Waals surface area (Å²) in [5.41, 5.74) is 0.151. The summed E-state index contributed by atoms with van der Waals surface area (Å²) in [5, 5.41) is 3.11. The Hall–Kier alpha value is -1.36. The molecule has 21 heavy (non-hydrogen) atoms. The third kappa shape index (κ3) is 4.06. The number of hydrogen-bond donors (Lipinski definition) is 1. The first kappa shape index (κ1) is 16.0. The second kappa shape index (κ2) is 7.07. The van der Waals surface area contributed by atoms with Crippen LogP contribution in [0.4, 0.5) is 0 Å². The zero-order chi connectivity index (χ0) is 15.3. The predicted molar refractivity (Wildman–Crippen MR) is 82.1 cm³/mol. The fraction of sp³-hybridized carbons (Fsp3) is 0.750. The number of amides is 1. The highest BCUT2D eigenvalue weighted by Gasteiger charge is 2.34. The molecule has 1 amide bonds. The van der Waals surface area contributed by atoms with E-state index in [1.807, 2.05) is 17.7 Å². The van der Waals surface area contributed by atoms with Crippen LogP contribution in [0.1, 0.15) is 50.9 Å². The molecule has 0 saturated heterocycles.